The first-order valence-corrected chi connectivity index (χ1v) is 11.9. The second-order valence-electron chi connectivity index (χ2n) is 8.97. The highest BCUT2D eigenvalue weighted by molar-refractivity contribution is 6.14. The fourth-order valence-corrected chi connectivity index (χ4v) is 5.08. The van der Waals surface area contributed by atoms with Crippen molar-refractivity contribution < 1.29 is 9.30 Å². The van der Waals surface area contributed by atoms with E-state index < -0.39 is 0 Å². The second kappa shape index (κ2) is 8.77. The summed E-state index contributed by atoms with van der Waals surface area (Å²) in [6, 6.07) is 38.1. The zero-order chi connectivity index (χ0) is 23.8. The molecule has 4 aromatic carbocycles. The molecular weight excluding hydrogens is 428 g/mol. The summed E-state index contributed by atoms with van der Waals surface area (Å²) in [6.07, 6.45) is 2.26. The maximum Gasteiger partial charge on any atom is 0.222 e. The Labute approximate surface area is 205 Å². The summed E-state index contributed by atoms with van der Waals surface area (Å²) >= 11 is 0. The quantitative estimate of drug-likeness (QED) is 0.254. The van der Waals surface area contributed by atoms with E-state index in [0.717, 1.165) is 11.3 Å². The first-order valence-electron chi connectivity index (χ1n) is 11.9. The minimum absolute atomic E-state index is 0.554. The van der Waals surface area contributed by atoms with Crippen molar-refractivity contribution >= 4 is 21.8 Å². The van der Waals surface area contributed by atoms with Gasteiger partial charge in [-0.15, -0.1) is 0 Å². The second-order valence-corrected chi connectivity index (χ2v) is 8.97. The number of fused-ring (bicyclic) bond motifs is 3. The molecule has 0 saturated carbocycles. The van der Waals surface area contributed by atoms with Crippen molar-refractivity contribution in [3.63, 3.8) is 0 Å². The molecule has 2 heterocycles. The highest BCUT2D eigenvalue weighted by Gasteiger charge is 2.25. The molecule has 0 aliphatic carbocycles. The van der Waals surface area contributed by atoms with Crippen LogP contribution >= 0.6 is 0 Å². The Morgan fingerprint density at radius 3 is 2.03 bits per heavy atom. The van der Waals surface area contributed by atoms with Gasteiger partial charge in [0, 0.05) is 23.5 Å². The van der Waals surface area contributed by atoms with Gasteiger partial charge in [-0.05, 0) is 41.5 Å². The molecule has 6 aromatic rings. The number of aryl methyl sites for hydroxylation is 2. The van der Waals surface area contributed by atoms with Gasteiger partial charge in [0.1, 0.15) is 19.4 Å². The summed E-state index contributed by atoms with van der Waals surface area (Å²) in [5, 5.41) is 2.41. The van der Waals surface area contributed by atoms with Crippen LogP contribution in [-0.4, -0.2) is 4.57 Å². The highest BCUT2D eigenvalue weighted by Crippen LogP contribution is 2.40. The van der Waals surface area contributed by atoms with Crippen molar-refractivity contribution in [1.82, 2.24) is 4.57 Å². The number of nitrogens with zero attached hydrogens (tertiary/aromatic N) is 2. The normalized spacial score (nSPS) is 11.3. The predicted octanol–water partition coefficient (Wildman–Crippen LogP) is 7.07. The van der Waals surface area contributed by atoms with Crippen LogP contribution in [0.2, 0.25) is 0 Å². The molecule has 0 spiro atoms. The molecule has 0 atom stereocenters. The molecule has 0 fully saturated rings. The van der Waals surface area contributed by atoms with Gasteiger partial charge in [-0.2, -0.15) is 4.57 Å². The Kier molecular flexibility index (Phi) is 5.31. The third-order valence-electron chi connectivity index (χ3n) is 6.72. The van der Waals surface area contributed by atoms with Gasteiger partial charge in [-0.1, -0.05) is 78.9 Å². The van der Waals surface area contributed by atoms with Crippen LogP contribution in [0.1, 0.15) is 5.56 Å². The Balaban J connectivity index is 1.58. The zero-order valence-electron chi connectivity index (χ0n) is 20.0. The van der Waals surface area contributed by atoms with Crippen LogP contribution in [0.3, 0.4) is 0 Å². The van der Waals surface area contributed by atoms with Crippen molar-refractivity contribution in [3.05, 3.63) is 121 Å². The van der Waals surface area contributed by atoms with Gasteiger partial charge in [-0.3, -0.25) is 0 Å². The smallest absolute Gasteiger partial charge is 0.222 e. The monoisotopic (exact) mass is 455 g/mol. The first-order chi connectivity index (χ1) is 17.2. The van der Waals surface area contributed by atoms with Crippen LogP contribution in [0.25, 0.3) is 44.2 Å². The minimum atomic E-state index is 0.554. The molecule has 0 aliphatic heterocycles. The van der Waals surface area contributed by atoms with Crippen molar-refractivity contribution in [3.8, 4) is 28.1 Å². The number of hydrogen-bond donors (Lipinski definition) is 0. The Morgan fingerprint density at radius 1 is 0.714 bits per heavy atom. The fraction of sp³-hybridized carbons (Fsp3) is 0.0938. The maximum absolute atomic E-state index is 6.18. The molecule has 2 aromatic heterocycles. The molecule has 3 heteroatoms. The van der Waals surface area contributed by atoms with E-state index in [9.17, 15) is 0 Å². The van der Waals surface area contributed by atoms with Crippen LogP contribution in [0, 0.1) is 0 Å². The standard InChI is InChI=1S/C32H27N2O/c1-33-21-28-27-20-26(35-22-23-12-6-3-7-13-23)18-19-29(27)34(2)32(28)30(24-14-8-4-9-15-24)31(33)25-16-10-5-11-17-25/h3-21H,22H2,1-2H3/q+1. The summed E-state index contributed by atoms with van der Waals surface area (Å²) in [6.45, 7) is 0.554. The predicted molar refractivity (Wildman–Crippen MR) is 143 cm³/mol. The molecular formula is C32H27N2O+. The van der Waals surface area contributed by atoms with E-state index >= 15 is 0 Å². The molecule has 6 rings (SSSR count). The number of rotatable bonds is 5. The lowest BCUT2D eigenvalue weighted by molar-refractivity contribution is -0.658. The van der Waals surface area contributed by atoms with Gasteiger partial charge >= 0.3 is 0 Å². The number of benzene rings is 4. The van der Waals surface area contributed by atoms with E-state index in [-0.39, 0.29) is 0 Å². The third kappa shape index (κ3) is 3.75. The van der Waals surface area contributed by atoms with Gasteiger partial charge in [-0.25, -0.2) is 0 Å². The lowest BCUT2D eigenvalue weighted by Crippen LogP contribution is -2.31. The van der Waals surface area contributed by atoms with Crippen molar-refractivity contribution in [2.45, 2.75) is 6.61 Å². The summed E-state index contributed by atoms with van der Waals surface area (Å²) in [4.78, 5) is 0. The van der Waals surface area contributed by atoms with E-state index in [1.54, 1.807) is 0 Å². The Hall–Kier alpha value is -4.37. The molecule has 3 nitrogen and oxygen atoms in total. The molecule has 170 valence electrons. The van der Waals surface area contributed by atoms with E-state index in [4.69, 9.17) is 4.74 Å². The molecule has 0 saturated heterocycles. The van der Waals surface area contributed by atoms with Gasteiger partial charge in [0.05, 0.1) is 16.5 Å². The Morgan fingerprint density at radius 2 is 1.34 bits per heavy atom. The Bertz CT molecular complexity index is 1640. The van der Waals surface area contributed by atoms with Crippen LogP contribution in [0.15, 0.2) is 115 Å². The third-order valence-corrected chi connectivity index (χ3v) is 6.72. The number of aromatic nitrogens is 2. The van der Waals surface area contributed by atoms with Crippen LogP contribution in [0.5, 0.6) is 5.75 Å². The largest absolute Gasteiger partial charge is 0.489 e. The van der Waals surface area contributed by atoms with Gasteiger partial charge in [0.15, 0.2) is 6.20 Å². The SMILES string of the molecule is Cn1c2ccc(OCc3ccccc3)cc2c2c[n+](C)c(-c3ccccc3)c(-c3ccccc3)c21. The summed E-state index contributed by atoms with van der Waals surface area (Å²) in [5.41, 5.74) is 8.43. The molecule has 0 amide bonds. The maximum atomic E-state index is 6.18. The van der Waals surface area contributed by atoms with Crippen LogP contribution in [-0.2, 0) is 20.7 Å². The van der Waals surface area contributed by atoms with E-state index in [0.29, 0.717) is 6.61 Å². The lowest BCUT2D eigenvalue weighted by atomic mass is 9.96. The van der Waals surface area contributed by atoms with Crippen molar-refractivity contribution in [2.75, 3.05) is 0 Å². The van der Waals surface area contributed by atoms with E-state index in [2.05, 4.69) is 120 Å². The zero-order valence-corrected chi connectivity index (χ0v) is 20.0. The fourth-order valence-electron chi connectivity index (χ4n) is 5.08. The summed E-state index contributed by atoms with van der Waals surface area (Å²) in [5.74, 6) is 0.880. The topological polar surface area (TPSA) is 18.0 Å². The minimum Gasteiger partial charge on any atom is -0.489 e. The van der Waals surface area contributed by atoms with Gasteiger partial charge < -0.3 is 9.30 Å². The number of hydrogen-bond acceptors (Lipinski definition) is 1. The van der Waals surface area contributed by atoms with E-state index in [1.165, 1.54) is 44.2 Å². The van der Waals surface area contributed by atoms with Gasteiger partial charge in [0.25, 0.3) is 0 Å². The average molecular weight is 456 g/mol. The molecule has 0 unspecified atom stereocenters. The number of pyridine rings is 1. The molecule has 0 bridgehead atoms. The molecule has 0 N–H and O–H groups in total. The summed E-state index contributed by atoms with van der Waals surface area (Å²) in [7, 11) is 4.30. The summed E-state index contributed by atoms with van der Waals surface area (Å²) < 4.78 is 10.8. The first kappa shape index (κ1) is 21.2. The van der Waals surface area contributed by atoms with Gasteiger partial charge in [0.2, 0.25) is 5.69 Å². The van der Waals surface area contributed by atoms with Crippen LogP contribution in [0.4, 0.5) is 0 Å². The van der Waals surface area contributed by atoms with E-state index in [1.807, 2.05) is 18.2 Å². The lowest BCUT2D eigenvalue weighted by Gasteiger charge is -2.11. The number of ether oxygens (including phenoxy) is 1. The molecule has 0 radical (unpaired) electrons. The van der Waals surface area contributed by atoms with Crippen LogP contribution < -0.4 is 9.30 Å². The molecule has 0 aliphatic rings. The van der Waals surface area contributed by atoms with Crippen molar-refractivity contribution in [1.29, 1.82) is 0 Å². The molecule has 35 heavy (non-hydrogen) atoms. The average Bonchev–Trinajstić information content (AvgIpc) is 3.19. The van der Waals surface area contributed by atoms with Crippen molar-refractivity contribution in [2.24, 2.45) is 14.1 Å². The highest BCUT2D eigenvalue weighted by atomic mass is 16.5.